The Morgan fingerprint density at radius 3 is 2.36 bits per heavy atom. The molecule has 0 spiro atoms. The van der Waals surface area contributed by atoms with Gasteiger partial charge in [-0.25, -0.2) is 0 Å². The van der Waals surface area contributed by atoms with Crippen LogP contribution in [-0.4, -0.2) is 100 Å². The van der Waals surface area contributed by atoms with Gasteiger partial charge in [-0.15, -0.1) is 11.3 Å². The monoisotopic (exact) mass is 475 g/mol. The smallest absolute Gasteiger partial charge is 0.254 e. The van der Waals surface area contributed by atoms with Crippen LogP contribution >= 0.6 is 11.3 Å². The van der Waals surface area contributed by atoms with Crippen LogP contribution in [0.1, 0.15) is 15.2 Å². The minimum Gasteiger partial charge on any atom is -0.493 e. The van der Waals surface area contributed by atoms with Gasteiger partial charge in [-0.05, 0) is 23.6 Å². The highest BCUT2D eigenvalue weighted by Crippen LogP contribution is 2.38. The summed E-state index contributed by atoms with van der Waals surface area (Å²) in [6, 6.07) is 7.73. The molecule has 3 heterocycles. The molecule has 2 aliphatic heterocycles. The topological polar surface area (TPSA) is 63.7 Å². The molecule has 33 heavy (non-hydrogen) atoms. The van der Waals surface area contributed by atoms with E-state index in [1.807, 2.05) is 16.2 Å². The summed E-state index contributed by atoms with van der Waals surface area (Å²) in [6.45, 7) is 7.62. The van der Waals surface area contributed by atoms with Gasteiger partial charge in [-0.3, -0.25) is 14.6 Å². The van der Waals surface area contributed by atoms with Crippen molar-refractivity contribution in [1.82, 2.24) is 14.7 Å². The van der Waals surface area contributed by atoms with Gasteiger partial charge < -0.3 is 23.8 Å². The van der Waals surface area contributed by atoms with Crippen LogP contribution in [0, 0.1) is 0 Å². The van der Waals surface area contributed by atoms with E-state index in [2.05, 4.69) is 27.3 Å². The lowest BCUT2D eigenvalue weighted by Gasteiger charge is -2.39. The van der Waals surface area contributed by atoms with Crippen molar-refractivity contribution in [2.75, 3.05) is 73.7 Å². The van der Waals surface area contributed by atoms with Crippen molar-refractivity contribution < 1.29 is 23.7 Å². The van der Waals surface area contributed by atoms with E-state index in [1.54, 1.807) is 33.5 Å². The molecule has 180 valence electrons. The number of carbonyl (C=O) groups excluding carboxylic acids is 1. The summed E-state index contributed by atoms with van der Waals surface area (Å²) in [5.74, 6) is 1.44. The largest absolute Gasteiger partial charge is 0.493 e. The Morgan fingerprint density at radius 2 is 1.76 bits per heavy atom. The van der Waals surface area contributed by atoms with Crippen molar-refractivity contribution in [2.45, 2.75) is 12.6 Å². The van der Waals surface area contributed by atoms with Gasteiger partial charge in [0.05, 0.1) is 34.0 Å². The third-order valence-corrected chi connectivity index (χ3v) is 7.08. The Bertz CT molecular complexity index is 890. The quantitative estimate of drug-likeness (QED) is 0.581. The van der Waals surface area contributed by atoms with Crippen molar-refractivity contribution in [3.05, 3.63) is 40.1 Å². The maximum Gasteiger partial charge on any atom is 0.254 e. The second-order valence-electron chi connectivity index (χ2n) is 8.31. The van der Waals surface area contributed by atoms with Gasteiger partial charge in [0.25, 0.3) is 5.91 Å². The molecule has 4 rings (SSSR count). The van der Waals surface area contributed by atoms with Gasteiger partial charge in [-0.2, -0.15) is 0 Å². The molecule has 0 radical (unpaired) electrons. The molecular weight excluding hydrogens is 442 g/mol. The van der Waals surface area contributed by atoms with Crippen LogP contribution in [0.15, 0.2) is 29.6 Å². The van der Waals surface area contributed by atoms with Crippen molar-refractivity contribution in [1.29, 1.82) is 0 Å². The first-order valence-corrected chi connectivity index (χ1v) is 12.2. The number of carbonyl (C=O) groups is 1. The van der Waals surface area contributed by atoms with Crippen molar-refractivity contribution in [3.8, 4) is 17.2 Å². The Kier molecular flexibility index (Phi) is 8.08. The number of rotatable bonds is 8. The third kappa shape index (κ3) is 5.78. The second kappa shape index (κ2) is 11.2. The van der Waals surface area contributed by atoms with E-state index < -0.39 is 0 Å². The fourth-order valence-electron chi connectivity index (χ4n) is 4.47. The highest BCUT2D eigenvalue weighted by Gasteiger charge is 2.28. The van der Waals surface area contributed by atoms with E-state index >= 15 is 0 Å². The SMILES string of the molecule is COc1cc(C(=O)N2CCN(C[C@@H]3CN(Cc4cccs4)CCO3)CC2)cc(OC)c1OC. The summed E-state index contributed by atoms with van der Waals surface area (Å²) in [6.07, 6.45) is 0.205. The Labute approximate surface area is 199 Å². The molecule has 2 fully saturated rings. The molecule has 1 atom stereocenters. The summed E-state index contributed by atoms with van der Waals surface area (Å²) >= 11 is 1.81. The zero-order valence-electron chi connectivity index (χ0n) is 19.6. The highest BCUT2D eigenvalue weighted by atomic mass is 32.1. The number of piperazine rings is 1. The number of hydrogen-bond acceptors (Lipinski definition) is 8. The zero-order valence-corrected chi connectivity index (χ0v) is 20.4. The van der Waals surface area contributed by atoms with Crippen LogP contribution in [0.4, 0.5) is 0 Å². The van der Waals surface area contributed by atoms with Crippen molar-refractivity contribution in [2.24, 2.45) is 0 Å². The van der Waals surface area contributed by atoms with Gasteiger partial charge >= 0.3 is 0 Å². The Hall–Kier alpha value is -2.33. The van der Waals surface area contributed by atoms with Gasteiger partial charge in [0.2, 0.25) is 5.75 Å². The first kappa shape index (κ1) is 23.8. The first-order chi connectivity index (χ1) is 16.1. The molecule has 1 aromatic carbocycles. The van der Waals surface area contributed by atoms with E-state index in [-0.39, 0.29) is 12.0 Å². The maximum absolute atomic E-state index is 13.2. The van der Waals surface area contributed by atoms with E-state index in [0.717, 1.165) is 45.9 Å². The molecule has 2 aliphatic rings. The molecule has 1 aromatic heterocycles. The molecule has 1 amide bonds. The fraction of sp³-hybridized carbons (Fsp3) is 0.542. The number of ether oxygens (including phenoxy) is 4. The summed E-state index contributed by atoms with van der Waals surface area (Å²) in [4.78, 5) is 21.3. The van der Waals surface area contributed by atoms with Crippen LogP contribution in [0.25, 0.3) is 0 Å². The normalized spacial score (nSPS) is 20.0. The van der Waals surface area contributed by atoms with E-state index in [1.165, 1.54) is 4.88 Å². The molecule has 0 saturated carbocycles. The average Bonchev–Trinajstić information content (AvgIpc) is 3.36. The molecule has 0 N–H and O–H groups in total. The number of amides is 1. The van der Waals surface area contributed by atoms with Crippen molar-refractivity contribution >= 4 is 17.2 Å². The molecule has 0 bridgehead atoms. The summed E-state index contributed by atoms with van der Waals surface area (Å²) in [5, 5.41) is 2.13. The van der Waals surface area contributed by atoms with E-state index in [0.29, 0.717) is 35.9 Å². The lowest BCUT2D eigenvalue weighted by molar-refractivity contribution is -0.0494. The van der Waals surface area contributed by atoms with Crippen LogP contribution in [0.3, 0.4) is 0 Å². The average molecular weight is 476 g/mol. The number of nitrogens with zero attached hydrogens (tertiary/aromatic N) is 3. The molecule has 2 saturated heterocycles. The number of morpholine rings is 1. The minimum absolute atomic E-state index is 0.0232. The second-order valence-corrected chi connectivity index (χ2v) is 9.35. The fourth-order valence-corrected chi connectivity index (χ4v) is 5.21. The number of benzene rings is 1. The number of methoxy groups -OCH3 is 3. The van der Waals surface area contributed by atoms with Gasteiger partial charge in [-0.1, -0.05) is 6.07 Å². The molecule has 0 aliphatic carbocycles. The predicted molar refractivity (Wildman–Crippen MR) is 128 cm³/mol. The molecule has 0 unspecified atom stereocenters. The lowest BCUT2D eigenvalue weighted by Crippen LogP contribution is -2.53. The highest BCUT2D eigenvalue weighted by molar-refractivity contribution is 7.09. The molecular formula is C24H33N3O5S. The lowest BCUT2D eigenvalue weighted by atomic mass is 10.1. The predicted octanol–water partition coefficient (Wildman–Crippen LogP) is 2.43. The zero-order chi connectivity index (χ0) is 23.2. The van der Waals surface area contributed by atoms with Gasteiger partial charge in [0.1, 0.15) is 0 Å². The van der Waals surface area contributed by atoms with Crippen LogP contribution in [0.5, 0.6) is 17.2 Å². The van der Waals surface area contributed by atoms with E-state index in [9.17, 15) is 4.79 Å². The van der Waals surface area contributed by atoms with Gasteiger partial charge in [0, 0.05) is 62.8 Å². The third-order valence-electron chi connectivity index (χ3n) is 6.22. The molecule has 2 aromatic rings. The number of thiophene rings is 1. The minimum atomic E-state index is -0.0232. The van der Waals surface area contributed by atoms with E-state index in [4.69, 9.17) is 18.9 Å². The van der Waals surface area contributed by atoms with Crippen LogP contribution in [-0.2, 0) is 11.3 Å². The van der Waals surface area contributed by atoms with Crippen LogP contribution in [0.2, 0.25) is 0 Å². The first-order valence-electron chi connectivity index (χ1n) is 11.3. The number of hydrogen-bond donors (Lipinski definition) is 0. The summed E-state index contributed by atoms with van der Waals surface area (Å²) in [7, 11) is 4.66. The maximum atomic E-state index is 13.2. The Balaban J connectivity index is 1.30. The van der Waals surface area contributed by atoms with Gasteiger partial charge in [0.15, 0.2) is 11.5 Å². The van der Waals surface area contributed by atoms with Crippen molar-refractivity contribution in [3.63, 3.8) is 0 Å². The molecule has 8 nitrogen and oxygen atoms in total. The Morgan fingerprint density at radius 1 is 1.03 bits per heavy atom. The molecule has 9 heteroatoms. The summed E-state index contributed by atoms with van der Waals surface area (Å²) in [5.41, 5.74) is 0.540. The summed E-state index contributed by atoms with van der Waals surface area (Å²) < 4.78 is 22.2. The standard InChI is InChI=1S/C24H33N3O5S/c1-29-21-13-18(14-22(30-2)23(21)31-3)24(28)27-8-6-25(7-9-27)15-19-16-26(10-11-32-19)17-20-5-4-12-33-20/h4-5,12-14,19H,6-11,15-17H2,1-3H3/t19-/m1/s1. The van der Waals surface area contributed by atoms with Crippen LogP contribution < -0.4 is 14.2 Å².